The number of aryl methyl sites for hydroxylation is 1. The molecule has 0 spiro atoms. The van der Waals surface area contributed by atoms with Gasteiger partial charge >= 0.3 is 6.03 Å². The Morgan fingerprint density at radius 1 is 0.976 bits per heavy atom. The van der Waals surface area contributed by atoms with E-state index in [0.717, 1.165) is 21.2 Å². The number of ether oxygens (including phenoxy) is 4. The Morgan fingerprint density at radius 2 is 1.71 bits per heavy atom. The molecule has 3 saturated heterocycles. The van der Waals surface area contributed by atoms with E-state index in [9.17, 15) is 9.59 Å². The fourth-order valence-corrected chi connectivity index (χ4v) is 6.20. The third-order valence-electron chi connectivity index (χ3n) is 7.83. The maximum absolute atomic E-state index is 14.2. The second-order valence-electron chi connectivity index (χ2n) is 11.3. The summed E-state index contributed by atoms with van der Waals surface area (Å²) in [5.74, 6) is -1.18. The molecule has 3 aliphatic heterocycles. The molecule has 3 fully saturated rings. The van der Waals surface area contributed by atoms with E-state index in [-0.39, 0.29) is 18.9 Å². The van der Waals surface area contributed by atoms with Crippen molar-refractivity contribution in [1.82, 2.24) is 4.90 Å². The second-order valence-corrected chi connectivity index (χ2v) is 12.6. The van der Waals surface area contributed by atoms with Gasteiger partial charge in [-0.05, 0) is 67.8 Å². The Morgan fingerprint density at radius 3 is 2.43 bits per heavy atom. The van der Waals surface area contributed by atoms with Gasteiger partial charge in [0, 0.05) is 16.0 Å². The zero-order valence-electron chi connectivity index (χ0n) is 23.5. The van der Waals surface area contributed by atoms with Crippen LogP contribution >= 0.6 is 27.5 Å². The van der Waals surface area contributed by atoms with Gasteiger partial charge in [0.25, 0.3) is 0 Å². The molecule has 0 saturated carbocycles. The van der Waals surface area contributed by atoms with E-state index in [2.05, 4.69) is 15.9 Å². The van der Waals surface area contributed by atoms with E-state index in [1.807, 2.05) is 75.4 Å². The molecular formula is C32H32BrClN2O6. The summed E-state index contributed by atoms with van der Waals surface area (Å²) in [4.78, 5) is 30.9. The first kappa shape index (κ1) is 29.3. The third-order valence-corrected chi connectivity index (χ3v) is 8.78. The molecule has 5 atom stereocenters. The number of imide groups is 1. The Balaban J connectivity index is 1.34. The van der Waals surface area contributed by atoms with Crippen molar-refractivity contribution in [3.8, 4) is 0 Å². The first-order chi connectivity index (χ1) is 20.1. The summed E-state index contributed by atoms with van der Waals surface area (Å²) in [5, 5.41) is 0.562. The van der Waals surface area contributed by atoms with Gasteiger partial charge in [-0.25, -0.2) is 9.69 Å². The Labute approximate surface area is 258 Å². The van der Waals surface area contributed by atoms with Gasteiger partial charge in [0.15, 0.2) is 12.1 Å². The number of anilines is 1. The predicted molar refractivity (Wildman–Crippen MR) is 161 cm³/mol. The van der Waals surface area contributed by atoms with Crippen LogP contribution in [-0.2, 0) is 36.9 Å². The molecule has 3 aromatic rings. The number of urea groups is 1. The van der Waals surface area contributed by atoms with Crippen LogP contribution in [0.4, 0.5) is 10.5 Å². The number of fused-ring (bicyclic) bond motifs is 1. The lowest BCUT2D eigenvalue weighted by Crippen LogP contribution is -2.62. The van der Waals surface area contributed by atoms with E-state index in [1.165, 1.54) is 4.90 Å². The van der Waals surface area contributed by atoms with Gasteiger partial charge in [0.05, 0.1) is 24.8 Å². The van der Waals surface area contributed by atoms with Crippen molar-refractivity contribution >= 4 is 45.2 Å². The van der Waals surface area contributed by atoms with Crippen molar-refractivity contribution in [3.05, 3.63) is 99.0 Å². The summed E-state index contributed by atoms with van der Waals surface area (Å²) < 4.78 is 26.2. The van der Waals surface area contributed by atoms with Crippen LogP contribution in [0.1, 0.15) is 37.0 Å². The number of benzene rings is 3. The van der Waals surface area contributed by atoms with Gasteiger partial charge in [-0.15, -0.1) is 0 Å². The molecule has 3 aliphatic rings. The molecule has 8 nitrogen and oxygen atoms in total. The summed E-state index contributed by atoms with van der Waals surface area (Å²) in [6, 6.07) is 21.6. The first-order valence-corrected chi connectivity index (χ1v) is 15.1. The Kier molecular flexibility index (Phi) is 8.17. The zero-order valence-corrected chi connectivity index (χ0v) is 25.9. The standard InChI is InChI=1S/C32H32BrClN2O6/c1-19-15-23(13-14-24(19)34)36-26(37)16-25(35(31(36)38)17-20-9-11-22(33)12-10-20)27-28(39-18-21-7-5-4-6-8-21)29-30(40-27)42-32(2,3)41-29/h4-15,25,27-30H,16-18H2,1-3H3/t25?,27-,28+,29-,30-/m1/s1. The van der Waals surface area contributed by atoms with Crippen LogP contribution in [0.3, 0.4) is 0 Å². The second kappa shape index (κ2) is 11.7. The van der Waals surface area contributed by atoms with E-state index in [0.29, 0.717) is 17.3 Å². The molecule has 3 heterocycles. The van der Waals surface area contributed by atoms with Crippen molar-refractivity contribution in [2.75, 3.05) is 4.90 Å². The molecule has 3 aromatic carbocycles. The fourth-order valence-electron chi connectivity index (χ4n) is 5.81. The van der Waals surface area contributed by atoms with E-state index < -0.39 is 42.5 Å². The van der Waals surface area contributed by atoms with Crippen LogP contribution < -0.4 is 4.90 Å². The third kappa shape index (κ3) is 5.86. The largest absolute Gasteiger partial charge is 0.368 e. The molecule has 10 heteroatoms. The highest BCUT2D eigenvalue weighted by atomic mass is 79.9. The SMILES string of the molecule is Cc1cc(N2C(=O)CC([C@H]3O[C@@H]4OC(C)(C)O[C@@H]4[C@H]3OCc3ccccc3)N(Cc3ccc(Br)cc3)C2=O)ccc1Cl. The average Bonchev–Trinajstić information content (AvgIpc) is 3.44. The minimum absolute atomic E-state index is 0.0304. The lowest BCUT2D eigenvalue weighted by atomic mass is 9.95. The fraction of sp³-hybridized carbons (Fsp3) is 0.375. The van der Waals surface area contributed by atoms with Crippen LogP contribution in [0.15, 0.2) is 77.3 Å². The topological polar surface area (TPSA) is 77.5 Å². The van der Waals surface area contributed by atoms with Crippen molar-refractivity contribution < 1.29 is 28.5 Å². The Hall–Kier alpha value is -2.79. The van der Waals surface area contributed by atoms with Crippen molar-refractivity contribution in [2.45, 2.75) is 76.8 Å². The van der Waals surface area contributed by atoms with Crippen molar-refractivity contribution in [2.24, 2.45) is 0 Å². The Bertz CT molecular complexity index is 1470. The van der Waals surface area contributed by atoms with Gasteiger partial charge in [-0.1, -0.05) is 70.0 Å². The van der Waals surface area contributed by atoms with Gasteiger partial charge in [-0.3, -0.25) is 4.79 Å². The number of hydrogen-bond donors (Lipinski definition) is 0. The molecule has 42 heavy (non-hydrogen) atoms. The maximum atomic E-state index is 14.2. The maximum Gasteiger partial charge on any atom is 0.332 e. The van der Waals surface area contributed by atoms with Crippen molar-refractivity contribution in [1.29, 1.82) is 0 Å². The number of carbonyl (C=O) groups is 2. The summed E-state index contributed by atoms with van der Waals surface area (Å²) in [5.41, 5.74) is 3.15. The van der Waals surface area contributed by atoms with Crippen molar-refractivity contribution in [3.63, 3.8) is 0 Å². The molecule has 0 radical (unpaired) electrons. The molecule has 0 N–H and O–H groups in total. The van der Waals surface area contributed by atoms with Gasteiger partial charge in [-0.2, -0.15) is 0 Å². The first-order valence-electron chi connectivity index (χ1n) is 13.9. The van der Waals surface area contributed by atoms with Crippen LogP contribution in [0.2, 0.25) is 5.02 Å². The van der Waals surface area contributed by atoms with Gasteiger partial charge in [0.2, 0.25) is 5.91 Å². The minimum Gasteiger partial charge on any atom is -0.368 e. The number of rotatable bonds is 7. The summed E-state index contributed by atoms with van der Waals surface area (Å²) in [6.45, 7) is 6.08. The van der Waals surface area contributed by atoms with Crippen LogP contribution in [-0.4, -0.2) is 53.3 Å². The molecule has 220 valence electrons. The smallest absolute Gasteiger partial charge is 0.332 e. The summed E-state index contributed by atoms with van der Waals surface area (Å²) in [6.07, 6.45) is -2.44. The number of hydrogen-bond acceptors (Lipinski definition) is 6. The van der Waals surface area contributed by atoms with Gasteiger partial charge < -0.3 is 23.8 Å². The molecular weight excluding hydrogens is 624 g/mol. The highest BCUT2D eigenvalue weighted by Crippen LogP contribution is 2.43. The molecule has 3 amide bonds. The molecule has 0 aromatic heterocycles. The monoisotopic (exact) mass is 654 g/mol. The lowest BCUT2D eigenvalue weighted by Gasteiger charge is -2.43. The number of carbonyl (C=O) groups excluding carboxylic acids is 2. The quantitative estimate of drug-likeness (QED) is 0.286. The van der Waals surface area contributed by atoms with Gasteiger partial charge in [0.1, 0.15) is 18.3 Å². The number of amides is 3. The lowest BCUT2D eigenvalue weighted by molar-refractivity contribution is -0.226. The van der Waals surface area contributed by atoms with E-state index in [4.69, 9.17) is 30.5 Å². The molecule has 0 bridgehead atoms. The van der Waals surface area contributed by atoms with E-state index in [1.54, 1.807) is 23.1 Å². The minimum atomic E-state index is -0.854. The van der Waals surface area contributed by atoms with Crippen LogP contribution in [0.25, 0.3) is 0 Å². The number of halogens is 2. The van der Waals surface area contributed by atoms with Crippen LogP contribution in [0.5, 0.6) is 0 Å². The average molecular weight is 656 g/mol. The highest BCUT2D eigenvalue weighted by molar-refractivity contribution is 9.10. The highest BCUT2D eigenvalue weighted by Gasteiger charge is 2.59. The zero-order chi connectivity index (χ0) is 29.6. The number of nitrogens with zero attached hydrogens (tertiary/aromatic N) is 2. The molecule has 6 rings (SSSR count). The summed E-state index contributed by atoms with van der Waals surface area (Å²) >= 11 is 9.73. The molecule has 0 aliphatic carbocycles. The van der Waals surface area contributed by atoms with E-state index >= 15 is 0 Å². The predicted octanol–water partition coefficient (Wildman–Crippen LogP) is 6.60. The van der Waals surface area contributed by atoms with Crippen LogP contribution in [0, 0.1) is 6.92 Å². The normalized spacial score (nSPS) is 27.0. The summed E-state index contributed by atoms with van der Waals surface area (Å²) in [7, 11) is 0. The molecule has 1 unspecified atom stereocenters.